The molecule has 146 valence electrons. The monoisotopic (exact) mass is 417 g/mol. The normalized spacial score (nSPS) is 22.1. The molecule has 0 aliphatic carbocycles. The number of imidazole rings is 1. The second kappa shape index (κ2) is 8.41. The first-order chi connectivity index (χ1) is 12.9. The van der Waals surface area contributed by atoms with Crippen LogP contribution in [0.1, 0.15) is 12.5 Å². The predicted molar refractivity (Wildman–Crippen MR) is 95.3 cm³/mol. The molecule has 2 aromatic rings. The summed E-state index contributed by atoms with van der Waals surface area (Å²) < 4.78 is 19.0. The highest BCUT2D eigenvalue weighted by Crippen LogP contribution is 2.41. The first-order valence-electron chi connectivity index (χ1n) is 8.12. The molecule has 1 aliphatic heterocycles. The van der Waals surface area contributed by atoms with Crippen molar-refractivity contribution in [3.63, 3.8) is 0 Å². The number of hydrogen-bond donors (Lipinski definition) is 0. The van der Waals surface area contributed by atoms with Gasteiger partial charge in [-0.15, -0.1) is 10.1 Å². The number of nitrogens with zero attached hydrogens (tertiary/aromatic N) is 3. The van der Waals surface area contributed by atoms with Crippen molar-refractivity contribution in [2.24, 2.45) is 0 Å². The van der Waals surface area contributed by atoms with Crippen LogP contribution in [0.15, 0.2) is 30.6 Å². The summed E-state index contributed by atoms with van der Waals surface area (Å²) in [4.78, 5) is 19.0. The van der Waals surface area contributed by atoms with Gasteiger partial charge in [0.25, 0.3) is 6.01 Å². The van der Waals surface area contributed by atoms with Crippen LogP contribution in [-0.2, 0) is 26.5 Å². The highest BCUT2D eigenvalue weighted by molar-refractivity contribution is 6.35. The van der Waals surface area contributed by atoms with Gasteiger partial charge in [0.1, 0.15) is 6.10 Å². The van der Waals surface area contributed by atoms with E-state index in [-0.39, 0.29) is 25.3 Å². The molecule has 2 unspecified atom stereocenters. The van der Waals surface area contributed by atoms with Crippen molar-refractivity contribution in [2.45, 2.75) is 25.4 Å². The molecule has 27 heavy (non-hydrogen) atoms. The van der Waals surface area contributed by atoms with Crippen molar-refractivity contribution in [3.8, 4) is 6.01 Å². The van der Waals surface area contributed by atoms with Crippen molar-refractivity contribution in [3.05, 3.63) is 56.3 Å². The van der Waals surface area contributed by atoms with E-state index in [1.54, 1.807) is 18.2 Å². The Hall–Kier alpha value is -1.91. The fourth-order valence-corrected chi connectivity index (χ4v) is 3.36. The Morgan fingerprint density at radius 3 is 3.00 bits per heavy atom. The van der Waals surface area contributed by atoms with Crippen LogP contribution in [0, 0.1) is 10.1 Å². The average molecular weight is 418 g/mol. The summed E-state index contributed by atoms with van der Waals surface area (Å²) >= 11 is 12.4. The third-order valence-corrected chi connectivity index (χ3v) is 4.47. The van der Waals surface area contributed by atoms with Gasteiger partial charge in [-0.2, -0.15) is 0 Å². The van der Waals surface area contributed by atoms with E-state index in [1.807, 2.05) is 6.92 Å². The molecule has 1 saturated heterocycles. The smallest absolute Gasteiger partial charge is 0.302 e. The van der Waals surface area contributed by atoms with Crippen molar-refractivity contribution in [1.82, 2.24) is 9.55 Å². The van der Waals surface area contributed by atoms with Gasteiger partial charge in [0, 0.05) is 29.6 Å². The standard InChI is InChI=1S/C16H17Cl2N3O6/c1-2-24-8-12-9-25-16(26-12,13-4-3-11(17)7-14(13)18)10-20-6-5-19-15(20)27-21(22)23/h3-7,12H,2,8-10H2,1H3. The van der Waals surface area contributed by atoms with Crippen LogP contribution in [0.25, 0.3) is 0 Å². The lowest BCUT2D eigenvalue weighted by Gasteiger charge is -2.30. The van der Waals surface area contributed by atoms with Gasteiger partial charge in [-0.25, -0.2) is 9.82 Å². The molecule has 0 saturated carbocycles. The minimum absolute atomic E-state index is 0.0279. The molecular weight excluding hydrogens is 401 g/mol. The van der Waals surface area contributed by atoms with E-state index >= 15 is 0 Å². The van der Waals surface area contributed by atoms with E-state index < -0.39 is 10.9 Å². The maximum absolute atomic E-state index is 10.7. The molecule has 9 nitrogen and oxygen atoms in total. The van der Waals surface area contributed by atoms with Gasteiger partial charge in [-0.05, 0) is 19.1 Å². The third kappa shape index (κ3) is 4.50. The van der Waals surface area contributed by atoms with Crippen molar-refractivity contribution >= 4 is 23.2 Å². The van der Waals surface area contributed by atoms with Gasteiger partial charge >= 0.3 is 5.09 Å². The Morgan fingerprint density at radius 2 is 2.30 bits per heavy atom. The zero-order valence-corrected chi connectivity index (χ0v) is 15.9. The van der Waals surface area contributed by atoms with Gasteiger partial charge in [-0.3, -0.25) is 0 Å². The molecule has 3 rings (SSSR count). The quantitative estimate of drug-likeness (QED) is 0.480. The fourth-order valence-electron chi connectivity index (χ4n) is 2.81. The topological polar surface area (TPSA) is 97.9 Å². The fraction of sp³-hybridized carbons (Fsp3) is 0.438. The molecule has 0 amide bonds. The molecule has 0 bridgehead atoms. The van der Waals surface area contributed by atoms with Gasteiger partial charge in [0.2, 0.25) is 5.79 Å². The number of aromatic nitrogens is 2. The van der Waals surface area contributed by atoms with Gasteiger partial charge in [0.15, 0.2) is 0 Å². The maximum atomic E-state index is 10.7. The second-order valence-electron chi connectivity index (χ2n) is 5.74. The second-order valence-corrected chi connectivity index (χ2v) is 6.58. The number of halogens is 2. The largest absolute Gasteiger partial charge is 0.379 e. The first kappa shape index (κ1) is 19.8. The summed E-state index contributed by atoms with van der Waals surface area (Å²) in [7, 11) is 0. The summed E-state index contributed by atoms with van der Waals surface area (Å²) in [6.07, 6.45) is 2.57. The molecule has 1 aromatic heterocycles. The van der Waals surface area contributed by atoms with Crippen LogP contribution in [0.5, 0.6) is 6.01 Å². The van der Waals surface area contributed by atoms with Crippen LogP contribution in [0.3, 0.4) is 0 Å². The molecule has 1 fully saturated rings. The number of benzene rings is 1. The van der Waals surface area contributed by atoms with Crippen molar-refractivity contribution < 1.29 is 24.1 Å². The maximum Gasteiger partial charge on any atom is 0.302 e. The Balaban J connectivity index is 1.94. The van der Waals surface area contributed by atoms with E-state index in [0.29, 0.717) is 28.8 Å². The number of hydrogen-bond acceptors (Lipinski definition) is 7. The summed E-state index contributed by atoms with van der Waals surface area (Å²) in [5.41, 5.74) is 0.535. The van der Waals surface area contributed by atoms with Crippen LogP contribution in [-0.4, -0.2) is 40.6 Å². The average Bonchev–Trinajstić information content (AvgIpc) is 3.20. The highest BCUT2D eigenvalue weighted by atomic mass is 35.5. The zero-order valence-electron chi connectivity index (χ0n) is 14.3. The molecule has 2 heterocycles. The summed E-state index contributed by atoms with van der Waals surface area (Å²) in [6.45, 7) is 3.05. The summed E-state index contributed by atoms with van der Waals surface area (Å²) in [5.74, 6) is -1.31. The zero-order chi connectivity index (χ0) is 19.4. The molecule has 0 N–H and O–H groups in total. The molecular formula is C16H17Cl2N3O6. The molecule has 1 aliphatic rings. The summed E-state index contributed by atoms with van der Waals surface area (Å²) in [5, 5.41) is 10.6. The lowest BCUT2D eigenvalue weighted by molar-refractivity contribution is -0.713. The van der Waals surface area contributed by atoms with Crippen LogP contribution in [0.4, 0.5) is 0 Å². The number of rotatable bonds is 8. The molecule has 1 aromatic carbocycles. The van der Waals surface area contributed by atoms with E-state index in [9.17, 15) is 10.1 Å². The molecule has 11 heteroatoms. The van der Waals surface area contributed by atoms with Gasteiger partial charge < -0.3 is 18.8 Å². The Kier molecular flexibility index (Phi) is 6.18. The van der Waals surface area contributed by atoms with Crippen LogP contribution >= 0.6 is 23.2 Å². The summed E-state index contributed by atoms with van der Waals surface area (Å²) in [6, 6.07) is 4.73. The molecule has 2 atom stereocenters. The molecule has 0 spiro atoms. The highest BCUT2D eigenvalue weighted by Gasteiger charge is 2.45. The minimum atomic E-state index is -1.31. The van der Waals surface area contributed by atoms with E-state index in [2.05, 4.69) is 9.82 Å². The lowest BCUT2D eigenvalue weighted by Crippen LogP contribution is -2.34. The van der Waals surface area contributed by atoms with E-state index in [0.717, 1.165) is 0 Å². The van der Waals surface area contributed by atoms with Gasteiger partial charge in [0.05, 0.1) is 24.8 Å². The Morgan fingerprint density at radius 1 is 1.48 bits per heavy atom. The lowest BCUT2D eigenvalue weighted by atomic mass is 10.1. The van der Waals surface area contributed by atoms with Gasteiger partial charge in [-0.1, -0.05) is 29.3 Å². The van der Waals surface area contributed by atoms with E-state index in [1.165, 1.54) is 17.0 Å². The minimum Gasteiger partial charge on any atom is -0.379 e. The SMILES string of the molecule is CCOCC1COC(Cn2ccnc2O[N+](=O)[O-])(c2ccc(Cl)cc2Cl)O1. The number of ether oxygens (including phenoxy) is 3. The van der Waals surface area contributed by atoms with Crippen molar-refractivity contribution in [2.75, 3.05) is 19.8 Å². The first-order valence-corrected chi connectivity index (χ1v) is 8.87. The predicted octanol–water partition coefficient (Wildman–Crippen LogP) is 3.07. The third-order valence-electron chi connectivity index (χ3n) is 3.92. The van der Waals surface area contributed by atoms with Crippen molar-refractivity contribution in [1.29, 1.82) is 0 Å². The van der Waals surface area contributed by atoms with Crippen LogP contribution in [0.2, 0.25) is 10.0 Å². The van der Waals surface area contributed by atoms with Crippen LogP contribution < -0.4 is 4.84 Å². The molecule has 0 radical (unpaired) electrons. The van der Waals surface area contributed by atoms with E-state index in [4.69, 9.17) is 37.4 Å². The Bertz CT molecular complexity index is 817. The Labute approximate surface area is 164 Å².